The van der Waals surface area contributed by atoms with Crippen molar-refractivity contribution in [2.75, 3.05) is 19.7 Å². The maximum absolute atomic E-state index is 13.1. The van der Waals surface area contributed by atoms with E-state index in [0.717, 1.165) is 36.7 Å². The molecule has 0 spiro atoms. The Balaban J connectivity index is 1.33. The lowest BCUT2D eigenvalue weighted by Crippen LogP contribution is -2.43. The molecule has 1 aromatic carbocycles. The van der Waals surface area contributed by atoms with Gasteiger partial charge in [0.1, 0.15) is 0 Å². The molecular formula is C22H29N5O3. The third-order valence-corrected chi connectivity index (χ3v) is 5.40. The SMILES string of the molecule is CC(C)Cc1nc(CCOC2CCCN(C(=O)c3nn(C)c4ccccc34)C2)no1. The fourth-order valence-corrected chi connectivity index (χ4v) is 3.92. The summed E-state index contributed by atoms with van der Waals surface area (Å²) < 4.78 is 13.1. The lowest BCUT2D eigenvalue weighted by Gasteiger charge is -2.32. The number of aromatic nitrogens is 4. The number of fused-ring (bicyclic) bond motifs is 1. The number of carbonyl (C=O) groups excluding carboxylic acids is 1. The van der Waals surface area contributed by atoms with Crippen LogP contribution in [0.25, 0.3) is 10.9 Å². The van der Waals surface area contributed by atoms with Crippen molar-refractivity contribution in [1.82, 2.24) is 24.8 Å². The number of hydrogen-bond acceptors (Lipinski definition) is 6. The largest absolute Gasteiger partial charge is 0.376 e. The van der Waals surface area contributed by atoms with E-state index in [1.807, 2.05) is 36.2 Å². The van der Waals surface area contributed by atoms with Crippen LogP contribution in [-0.4, -0.2) is 56.5 Å². The first-order valence-corrected chi connectivity index (χ1v) is 10.7. The normalized spacial score (nSPS) is 17.2. The molecular weight excluding hydrogens is 382 g/mol. The number of piperidine rings is 1. The van der Waals surface area contributed by atoms with Crippen LogP contribution >= 0.6 is 0 Å². The number of ether oxygens (including phenoxy) is 1. The van der Waals surface area contributed by atoms with Gasteiger partial charge in [-0.25, -0.2) is 0 Å². The fourth-order valence-electron chi connectivity index (χ4n) is 3.92. The minimum atomic E-state index is -0.0309. The second-order valence-electron chi connectivity index (χ2n) is 8.33. The Bertz CT molecular complexity index is 1010. The van der Waals surface area contributed by atoms with Crippen LogP contribution in [0.1, 0.15) is 48.9 Å². The molecule has 8 nitrogen and oxygen atoms in total. The molecule has 1 aliphatic heterocycles. The van der Waals surface area contributed by atoms with Crippen LogP contribution in [0.15, 0.2) is 28.8 Å². The molecule has 160 valence electrons. The molecule has 3 heterocycles. The highest BCUT2D eigenvalue weighted by molar-refractivity contribution is 6.04. The summed E-state index contributed by atoms with van der Waals surface area (Å²) in [5, 5.41) is 9.39. The van der Waals surface area contributed by atoms with Gasteiger partial charge in [-0.3, -0.25) is 9.48 Å². The molecule has 2 aromatic heterocycles. The average molecular weight is 412 g/mol. The van der Waals surface area contributed by atoms with Gasteiger partial charge in [0.05, 0.1) is 18.2 Å². The van der Waals surface area contributed by atoms with E-state index in [1.54, 1.807) is 4.68 Å². The highest BCUT2D eigenvalue weighted by Gasteiger charge is 2.28. The lowest BCUT2D eigenvalue weighted by molar-refractivity contribution is 0.00236. The molecule has 1 aliphatic rings. The molecule has 30 heavy (non-hydrogen) atoms. The third kappa shape index (κ3) is 4.53. The molecule has 0 radical (unpaired) electrons. The Morgan fingerprint density at radius 3 is 3.00 bits per heavy atom. The van der Waals surface area contributed by atoms with Crippen molar-refractivity contribution in [3.05, 3.63) is 41.7 Å². The summed E-state index contributed by atoms with van der Waals surface area (Å²) in [7, 11) is 1.87. The number of rotatable bonds is 7. The maximum atomic E-state index is 13.1. The predicted molar refractivity (Wildman–Crippen MR) is 112 cm³/mol. The zero-order valence-electron chi connectivity index (χ0n) is 17.9. The number of benzene rings is 1. The smallest absolute Gasteiger partial charge is 0.275 e. The van der Waals surface area contributed by atoms with E-state index in [4.69, 9.17) is 9.26 Å². The van der Waals surface area contributed by atoms with Gasteiger partial charge in [0.2, 0.25) is 5.89 Å². The lowest BCUT2D eigenvalue weighted by atomic mass is 10.1. The van der Waals surface area contributed by atoms with Crippen LogP contribution in [-0.2, 0) is 24.6 Å². The van der Waals surface area contributed by atoms with Crippen molar-refractivity contribution >= 4 is 16.8 Å². The third-order valence-electron chi connectivity index (χ3n) is 5.40. The first kappa shape index (κ1) is 20.5. The van der Waals surface area contributed by atoms with E-state index >= 15 is 0 Å². The van der Waals surface area contributed by atoms with Crippen LogP contribution in [0.5, 0.6) is 0 Å². The molecule has 0 saturated carbocycles. The minimum Gasteiger partial charge on any atom is -0.376 e. The average Bonchev–Trinajstić information content (AvgIpc) is 3.32. The highest BCUT2D eigenvalue weighted by Crippen LogP contribution is 2.22. The van der Waals surface area contributed by atoms with Crippen molar-refractivity contribution in [1.29, 1.82) is 0 Å². The molecule has 4 rings (SSSR count). The Hall–Kier alpha value is -2.74. The fraction of sp³-hybridized carbons (Fsp3) is 0.545. The Kier molecular flexibility index (Phi) is 6.13. The summed E-state index contributed by atoms with van der Waals surface area (Å²) >= 11 is 0. The van der Waals surface area contributed by atoms with Gasteiger partial charge in [-0.15, -0.1) is 0 Å². The number of likely N-dealkylation sites (tertiary alicyclic amines) is 1. The van der Waals surface area contributed by atoms with Crippen LogP contribution in [0.4, 0.5) is 0 Å². The maximum Gasteiger partial charge on any atom is 0.275 e. The standard InChI is InChI=1S/C22H29N5O3/c1-15(2)13-20-23-19(25-30-20)10-12-29-16-7-6-11-27(14-16)22(28)21-17-8-4-5-9-18(17)26(3)24-21/h4-5,8-9,15-16H,6-7,10-14H2,1-3H3. The quantitative estimate of drug-likeness (QED) is 0.594. The van der Waals surface area contributed by atoms with Gasteiger partial charge in [-0.05, 0) is 24.8 Å². The highest BCUT2D eigenvalue weighted by atomic mass is 16.5. The Morgan fingerprint density at radius 1 is 1.33 bits per heavy atom. The zero-order valence-corrected chi connectivity index (χ0v) is 17.9. The van der Waals surface area contributed by atoms with E-state index in [0.29, 0.717) is 42.9 Å². The summed E-state index contributed by atoms with van der Waals surface area (Å²) in [6.07, 6.45) is 3.27. The van der Waals surface area contributed by atoms with Crippen LogP contribution in [0.3, 0.4) is 0 Å². The summed E-state index contributed by atoms with van der Waals surface area (Å²) in [5.74, 6) is 1.81. The monoisotopic (exact) mass is 411 g/mol. The molecule has 0 bridgehead atoms. The first-order chi connectivity index (χ1) is 14.5. The number of amides is 1. The molecule has 0 N–H and O–H groups in total. The minimum absolute atomic E-state index is 0.0136. The summed E-state index contributed by atoms with van der Waals surface area (Å²) in [5.41, 5.74) is 1.47. The molecule has 1 fully saturated rings. The molecule has 1 atom stereocenters. The molecule has 1 amide bonds. The van der Waals surface area contributed by atoms with Gasteiger partial charge in [0, 0.05) is 38.4 Å². The Labute approximate surface area is 176 Å². The molecule has 1 unspecified atom stereocenters. The van der Waals surface area contributed by atoms with Crippen molar-refractivity contribution in [3.63, 3.8) is 0 Å². The van der Waals surface area contributed by atoms with Crippen molar-refractivity contribution in [2.24, 2.45) is 13.0 Å². The van der Waals surface area contributed by atoms with E-state index in [2.05, 4.69) is 29.1 Å². The van der Waals surface area contributed by atoms with Crippen molar-refractivity contribution in [2.45, 2.75) is 45.6 Å². The molecule has 0 aliphatic carbocycles. The van der Waals surface area contributed by atoms with Gasteiger partial charge in [0.15, 0.2) is 11.5 Å². The second kappa shape index (κ2) is 8.95. The van der Waals surface area contributed by atoms with Gasteiger partial charge in [-0.1, -0.05) is 37.2 Å². The molecule has 8 heteroatoms. The topological polar surface area (TPSA) is 86.3 Å². The van der Waals surface area contributed by atoms with Gasteiger partial charge < -0.3 is 14.2 Å². The second-order valence-corrected chi connectivity index (χ2v) is 8.33. The Morgan fingerprint density at radius 2 is 2.17 bits per heavy atom. The van der Waals surface area contributed by atoms with Crippen molar-refractivity contribution < 1.29 is 14.1 Å². The van der Waals surface area contributed by atoms with Gasteiger partial charge in [-0.2, -0.15) is 10.1 Å². The van der Waals surface area contributed by atoms with E-state index in [9.17, 15) is 4.79 Å². The summed E-state index contributed by atoms with van der Waals surface area (Å²) in [4.78, 5) is 19.4. The number of nitrogens with zero attached hydrogens (tertiary/aromatic N) is 5. The van der Waals surface area contributed by atoms with Crippen LogP contribution < -0.4 is 0 Å². The van der Waals surface area contributed by atoms with E-state index < -0.39 is 0 Å². The number of aryl methyl sites for hydroxylation is 1. The molecule has 3 aromatic rings. The van der Waals surface area contributed by atoms with Crippen LogP contribution in [0.2, 0.25) is 0 Å². The number of hydrogen-bond donors (Lipinski definition) is 0. The van der Waals surface area contributed by atoms with Crippen molar-refractivity contribution in [3.8, 4) is 0 Å². The van der Waals surface area contributed by atoms with E-state index in [-0.39, 0.29) is 12.0 Å². The first-order valence-electron chi connectivity index (χ1n) is 10.7. The van der Waals surface area contributed by atoms with Gasteiger partial charge >= 0.3 is 0 Å². The van der Waals surface area contributed by atoms with E-state index in [1.165, 1.54) is 0 Å². The van der Waals surface area contributed by atoms with Gasteiger partial charge in [0.25, 0.3) is 5.91 Å². The predicted octanol–water partition coefficient (Wildman–Crippen LogP) is 3.02. The summed E-state index contributed by atoms with van der Waals surface area (Å²) in [6.45, 7) is 6.06. The molecule has 1 saturated heterocycles. The number of para-hydroxylation sites is 1. The number of carbonyl (C=O) groups is 1. The van der Waals surface area contributed by atoms with Crippen LogP contribution in [0, 0.1) is 5.92 Å². The summed E-state index contributed by atoms with van der Waals surface area (Å²) in [6, 6.07) is 7.82. The zero-order chi connectivity index (χ0) is 21.1.